The highest BCUT2D eigenvalue weighted by Crippen LogP contribution is 2.31. The summed E-state index contributed by atoms with van der Waals surface area (Å²) in [5, 5.41) is 8.67. The minimum Gasteiger partial charge on any atom is -0.326 e. The first kappa shape index (κ1) is 17.0. The van der Waals surface area contributed by atoms with Crippen molar-refractivity contribution in [3.8, 4) is 0 Å². The van der Waals surface area contributed by atoms with Gasteiger partial charge >= 0.3 is 6.09 Å². The van der Waals surface area contributed by atoms with Gasteiger partial charge in [0.2, 0.25) is 5.91 Å². The van der Waals surface area contributed by atoms with Crippen molar-refractivity contribution in [2.75, 3.05) is 12.4 Å². The molecule has 0 aliphatic heterocycles. The minimum atomic E-state index is -0.605. The molecule has 7 heteroatoms. The van der Waals surface area contributed by atoms with Gasteiger partial charge in [0.05, 0.1) is 11.0 Å². The van der Waals surface area contributed by atoms with Gasteiger partial charge in [-0.3, -0.25) is 9.63 Å². The highest BCUT2D eigenvalue weighted by molar-refractivity contribution is 8.01. The summed E-state index contributed by atoms with van der Waals surface area (Å²) in [7, 11) is 1.47. The van der Waals surface area contributed by atoms with Crippen LogP contribution in [0.5, 0.6) is 0 Å². The van der Waals surface area contributed by atoms with Gasteiger partial charge in [-0.2, -0.15) is 0 Å². The monoisotopic (exact) mass is 309 g/mol. The Balaban J connectivity index is 2.62. The van der Waals surface area contributed by atoms with Crippen LogP contribution in [0, 0.1) is 0 Å². The molecule has 1 aromatic carbocycles. The van der Waals surface area contributed by atoms with E-state index in [1.54, 1.807) is 18.0 Å². The first-order valence-corrected chi connectivity index (χ1v) is 7.14. The molecule has 0 saturated heterocycles. The highest BCUT2D eigenvalue weighted by Gasteiger charge is 2.17. The van der Waals surface area contributed by atoms with E-state index in [1.165, 1.54) is 14.0 Å². The predicted octanol–water partition coefficient (Wildman–Crippen LogP) is 2.86. The van der Waals surface area contributed by atoms with Gasteiger partial charge in [0.15, 0.2) is 0 Å². The van der Waals surface area contributed by atoms with Gasteiger partial charge in [0.25, 0.3) is 0 Å². The predicted molar refractivity (Wildman–Crippen MR) is 84.7 cm³/mol. The largest absolute Gasteiger partial charge is 0.433 e. The van der Waals surface area contributed by atoms with Crippen molar-refractivity contribution in [2.24, 2.45) is 5.16 Å². The Labute approximate surface area is 128 Å². The molecule has 0 bridgehead atoms. The van der Waals surface area contributed by atoms with Crippen LogP contribution in [0.15, 0.2) is 34.3 Å². The normalized spacial score (nSPS) is 11.2. The molecule has 2 N–H and O–H groups in total. The topological polar surface area (TPSA) is 79.8 Å². The number of anilines is 1. The molecule has 0 unspecified atom stereocenters. The van der Waals surface area contributed by atoms with Crippen LogP contribution in [-0.4, -0.2) is 30.0 Å². The molecule has 0 aliphatic rings. The number of thioether (sulfide) groups is 1. The van der Waals surface area contributed by atoms with E-state index >= 15 is 0 Å². The standard InChI is InChI=1S/C14H19N3O3S/c1-10(18)17-11-5-7-12(8-6-11)21-14(2,3)9-16-20-13(19)15-4/h5-9H,1-4H3,(H,15,19)(H,17,18). The molecular formula is C14H19N3O3S. The van der Waals surface area contributed by atoms with Gasteiger partial charge in [-0.25, -0.2) is 4.79 Å². The van der Waals surface area contributed by atoms with Gasteiger partial charge in [0.1, 0.15) is 0 Å². The maximum atomic E-state index is 10.9. The minimum absolute atomic E-state index is 0.103. The lowest BCUT2D eigenvalue weighted by molar-refractivity contribution is -0.114. The molecule has 6 nitrogen and oxygen atoms in total. The van der Waals surface area contributed by atoms with Gasteiger partial charge in [-0.1, -0.05) is 5.16 Å². The number of carbonyl (C=O) groups is 2. The number of carbonyl (C=O) groups excluding carboxylic acids is 2. The zero-order valence-corrected chi connectivity index (χ0v) is 13.3. The Morgan fingerprint density at radius 3 is 2.43 bits per heavy atom. The fraction of sp³-hybridized carbons (Fsp3) is 0.357. The first-order valence-electron chi connectivity index (χ1n) is 6.32. The first-order chi connectivity index (χ1) is 9.82. The molecule has 0 fully saturated rings. The smallest absolute Gasteiger partial charge is 0.326 e. The number of hydrogen-bond acceptors (Lipinski definition) is 5. The molecule has 0 spiro atoms. The van der Waals surface area contributed by atoms with Gasteiger partial charge in [-0.05, 0) is 38.1 Å². The quantitative estimate of drug-likeness (QED) is 0.379. The van der Waals surface area contributed by atoms with E-state index in [1.807, 2.05) is 38.1 Å². The third kappa shape index (κ3) is 6.80. The van der Waals surface area contributed by atoms with Crippen LogP contribution in [0.3, 0.4) is 0 Å². The van der Waals surface area contributed by atoms with E-state index in [0.29, 0.717) is 0 Å². The highest BCUT2D eigenvalue weighted by atomic mass is 32.2. The molecule has 0 heterocycles. The summed E-state index contributed by atoms with van der Waals surface area (Å²) in [4.78, 5) is 27.4. The summed E-state index contributed by atoms with van der Waals surface area (Å²) in [6.07, 6.45) is 0.959. The summed E-state index contributed by atoms with van der Waals surface area (Å²) in [6, 6.07) is 7.48. The number of nitrogens with zero attached hydrogens (tertiary/aromatic N) is 1. The van der Waals surface area contributed by atoms with Gasteiger partial charge < -0.3 is 10.6 Å². The van der Waals surface area contributed by atoms with Crippen molar-refractivity contribution >= 4 is 35.7 Å². The number of rotatable bonds is 5. The fourth-order valence-corrected chi connectivity index (χ4v) is 2.36. The molecule has 21 heavy (non-hydrogen) atoms. The average Bonchev–Trinajstić information content (AvgIpc) is 2.39. The van der Waals surface area contributed by atoms with Crippen LogP contribution in [0.1, 0.15) is 20.8 Å². The molecular weight excluding hydrogens is 290 g/mol. The Morgan fingerprint density at radius 1 is 1.29 bits per heavy atom. The number of benzene rings is 1. The second kappa shape index (κ2) is 7.68. The molecule has 1 rings (SSSR count). The second-order valence-corrected chi connectivity index (χ2v) is 6.50. The maximum absolute atomic E-state index is 10.9. The Bertz CT molecular complexity index is 527. The molecule has 2 amide bonds. The molecule has 0 aliphatic carbocycles. The summed E-state index contributed by atoms with van der Waals surface area (Å²) >= 11 is 1.56. The van der Waals surface area contributed by atoms with Crippen molar-refractivity contribution in [1.29, 1.82) is 0 Å². The Kier molecular flexibility index (Phi) is 6.23. The van der Waals surface area contributed by atoms with Gasteiger partial charge in [0, 0.05) is 24.6 Å². The van der Waals surface area contributed by atoms with Crippen molar-refractivity contribution in [2.45, 2.75) is 30.4 Å². The van der Waals surface area contributed by atoms with E-state index in [-0.39, 0.29) is 10.7 Å². The molecule has 0 radical (unpaired) electrons. The van der Waals surface area contributed by atoms with E-state index < -0.39 is 6.09 Å². The summed E-state index contributed by atoms with van der Waals surface area (Å²) < 4.78 is -0.344. The van der Waals surface area contributed by atoms with Crippen molar-refractivity contribution in [1.82, 2.24) is 5.32 Å². The summed E-state index contributed by atoms with van der Waals surface area (Å²) in [6.45, 7) is 5.38. The maximum Gasteiger partial charge on any atom is 0.433 e. The van der Waals surface area contributed by atoms with Crippen molar-refractivity contribution < 1.29 is 14.4 Å². The van der Waals surface area contributed by atoms with Crippen LogP contribution < -0.4 is 10.6 Å². The SMILES string of the molecule is CNC(=O)ON=CC(C)(C)Sc1ccc(NC(C)=O)cc1. The van der Waals surface area contributed by atoms with E-state index in [9.17, 15) is 9.59 Å². The zero-order valence-electron chi connectivity index (χ0n) is 12.5. The van der Waals surface area contributed by atoms with Crippen LogP contribution >= 0.6 is 11.8 Å². The van der Waals surface area contributed by atoms with E-state index in [0.717, 1.165) is 10.6 Å². The second-order valence-electron chi connectivity index (χ2n) is 4.77. The molecule has 0 saturated carbocycles. The molecule has 1 aromatic rings. The fourth-order valence-electron chi connectivity index (χ4n) is 1.39. The Hall–Kier alpha value is -2.02. The van der Waals surface area contributed by atoms with E-state index in [4.69, 9.17) is 0 Å². The average molecular weight is 309 g/mol. The lowest BCUT2D eigenvalue weighted by atomic mass is 10.2. The van der Waals surface area contributed by atoms with Crippen LogP contribution in [0.4, 0.5) is 10.5 Å². The van der Waals surface area contributed by atoms with Crippen molar-refractivity contribution in [3.63, 3.8) is 0 Å². The lowest BCUT2D eigenvalue weighted by Gasteiger charge is -2.18. The van der Waals surface area contributed by atoms with Crippen LogP contribution in [0.2, 0.25) is 0 Å². The number of hydrogen-bond donors (Lipinski definition) is 2. The number of amides is 2. The number of nitrogens with one attached hydrogen (secondary N) is 2. The zero-order chi connectivity index (χ0) is 15.9. The van der Waals surface area contributed by atoms with Crippen LogP contribution in [-0.2, 0) is 9.63 Å². The third-order valence-electron chi connectivity index (χ3n) is 2.26. The van der Waals surface area contributed by atoms with E-state index in [2.05, 4.69) is 20.6 Å². The van der Waals surface area contributed by atoms with Crippen LogP contribution in [0.25, 0.3) is 0 Å². The van der Waals surface area contributed by atoms with Gasteiger partial charge in [-0.15, -0.1) is 11.8 Å². The summed E-state index contributed by atoms with van der Waals surface area (Å²) in [5.74, 6) is -0.103. The number of oxime groups is 1. The molecule has 0 aromatic heterocycles. The Morgan fingerprint density at radius 2 is 1.90 bits per heavy atom. The van der Waals surface area contributed by atoms with Crippen molar-refractivity contribution in [3.05, 3.63) is 24.3 Å². The lowest BCUT2D eigenvalue weighted by Crippen LogP contribution is -2.20. The molecule has 114 valence electrons. The molecule has 0 atom stereocenters. The third-order valence-corrected chi connectivity index (χ3v) is 3.40. The summed E-state index contributed by atoms with van der Waals surface area (Å²) in [5.41, 5.74) is 0.751.